The van der Waals surface area contributed by atoms with Crippen LogP contribution in [0.15, 0.2) is 40.3 Å². The highest BCUT2D eigenvalue weighted by atomic mass is 32.2. The van der Waals surface area contributed by atoms with Gasteiger partial charge in [-0.25, -0.2) is 0 Å². The summed E-state index contributed by atoms with van der Waals surface area (Å²) in [5.41, 5.74) is 1.01. The van der Waals surface area contributed by atoms with Gasteiger partial charge in [-0.3, -0.25) is 4.79 Å². The van der Waals surface area contributed by atoms with Crippen molar-refractivity contribution in [1.29, 1.82) is 0 Å². The van der Waals surface area contributed by atoms with Gasteiger partial charge in [-0.2, -0.15) is 4.98 Å². The number of hydrogen-bond donors (Lipinski definition) is 2. The quantitative estimate of drug-likeness (QED) is 0.656. The molecule has 0 radical (unpaired) electrons. The molecule has 2 rings (SSSR count). The van der Waals surface area contributed by atoms with Crippen LogP contribution in [0.1, 0.15) is 31.4 Å². The van der Waals surface area contributed by atoms with Crippen LogP contribution in [0.4, 0.5) is 0 Å². The Kier molecular flexibility index (Phi) is 4.84. The van der Waals surface area contributed by atoms with E-state index < -0.39 is 0 Å². The molecule has 1 atom stereocenters. The first-order valence-electron chi connectivity index (χ1n) is 6.63. The van der Waals surface area contributed by atoms with Crippen molar-refractivity contribution in [1.82, 2.24) is 9.97 Å². The summed E-state index contributed by atoms with van der Waals surface area (Å²) in [4.78, 5) is 18.9. The normalized spacial score (nSPS) is 12.3. The zero-order chi connectivity index (χ0) is 14.5. The molecule has 5 heteroatoms. The van der Waals surface area contributed by atoms with E-state index in [1.54, 1.807) is 0 Å². The fourth-order valence-electron chi connectivity index (χ4n) is 1.75. The highest BCUT2D eigenvalue weighted by Crippen LogP contribution is 2.23. The number of H-pyrrole nitrogens is 1. The Morgan fingerprint density at radius 2 is 2.05 bits per heavy atom. The fraction of sp³-hybridized carbons (Fsp3) is 0.333. The topological polar surface area (TPSA) is 66.0 Å². The molecular weight excluding hydrogens is 272 g/mol. The van der Waals surface area contributed by atoms with Crippen molar-refractivity contribution in [2.75, 3.05) is 0 Å². The number of nitrogens with one attached hydrogen (secondary N) is 1. The number of rotatable bonds is 5. The van der Waals surface area contributed by atoms with Crippen molar-refractivity contribution in [3.05, 3.63) is 51.8 Å². The van der Waals surface area contributed by atoms with Gasteiger partial charge in [0.05, 0.1) is 5.56 Å². The SMILES string of the molecule is CC[C@@H](C)Sc1nc(O)c(Cc2ccccc2)c(=O)[nH]1. The van der Waals surface area contributed by atoms with Crippen LogP contribution < -0.4 is 5.56 Å². The zero-order valence-corrected chi connectivity index (χ0v) is 12.4. The van der Waals surface area contributed by atoms with Crippen LogP contribution >= 0.6 is 11.8 Å². The van der Waals surface area contributed by atoms with E-state index in [0.717, 1.165) is 12.0 Å². The molecule has 2 N–H and O–H groups in total. The average molecular weight is 290 g/mol. The van der Waals surface area contributed by atoms with Crippen LogP contribution in [0.25, 0.3) is 0 Å². The molecule has 20 heavy (non-hydrogen) atoms. The van der Waals surface area contributed by atoms with E-state index in [4.69, 9.17) is 0 Å². The predicted molar refractivity (Wildman–Crippen MR) is 81.4 cm³/mol. The third-order valence-corrected chi connectivity index (χ3v) is 4.24. The number of aromatic nitrogens is 2. The van der Waals surface area contributed by atoms with E-state index in [2.05, 4.69) is 23.8 Å². The van der Waals surface area contributed by atoms with Crippen molar-refractivity contribution in [2.45, 2.75) is 37.1 Å². The van der Waals surface area contributed by atoms with Crippen LogP contribution in [-0.4, -0.2) is 20.3 Å². The highest BCUT2D eigenvalue weighted by molar-refractivity contribution is 7.99. The summed E-state index contributed by atoms with van der Waals surface area (Å²) >= 11 is 1.46. The molecule has 0 spiro atoms. The van der Waals surface area contributed by atoms with E-state index in [-0.39, 0.29) is 11.4 Å². The Morgan fingerprint density at radius 3 is 2.65 bits per heavy atom. The number of aromatic hydroxyl groups is 1. The summed E-state index contributed by atoms with van der Waals surface area (Å²) in [5.74, 6) is -0.177. The summed E-state index contributed by atoms with van der Waals surface area (Å²) in [6.07, 6.45) is 1.35. The van der Waals surface area contributed by atoms with Gasteiger partial charge in [0.25, 0.3) is 5.56 Å². The molecule has 0 aliphatic rings. The minimum Gasteiger partial charge on any atom is -0.493 e. The van der Waals surface area contributed by atoms with Crippen LogP contribution in [0.2, 0.25) is 0 Å². The lowest BCUT2D eigenvalue weighted by molar-refractivity contribution is 0.437. The number of thioether (sulfide) groups is 1. The Morgan fingerprint density at radius 1 is 1.35 bits per heavy atom. The molecule has 0 fully saturated rings. The second kappa shape index (κ2) is 6.61. The van der Waals surface area contributed by atoms with Gasteiger partial charge in [0.1, 0.15) is 0 Å². The number of nitrogens with zero attached hydrogens (tertiary/aromatic N) is 1. The molecule has 0 saturated carbocycles. The summed E-state index contributed by atoms with van der Waals surface area (Å²) in [6.45, 7) is 4.12. The molecule has 0 amide bonds. The first-order valence-corrected chi connectivity index (χ1v) is 7.50. The molecule has 1 aromatic heterocycles. The molecule has 4 nitrogen and oxygen atoms in total. The van der Waals surface area contributed by atoms with Gasteiger partial charge in [0.15, 0.2) is 5.16 Å². The third-order valence-electron chi connectivity index (χ3n) is 3.08. The monoisotopic (exact) mass is 290 g/mol. The Balaban J connectivity index is 2.25. The Hall–Kier alpha value is -1.75. The molecule has 0 aliphatic carbocycles. The maximum atomic E-state index is 12.1. The van der Waals surface area contributed by atoms with E-state index >= 15 is 0 Å². The molecule has 0 unspecified atom stereocenters. The molecule has 0 bridgehead atoms. The molecule has 1 aromatic carbocycles. The van der Waals surface area contributed by atoms with Gasteiger partial charge >= 0.3 is 0 Å². The summed E-state index contributed by atoms with van der Waals surface area (Å²) in [7, 11) is 0. The van der Waals surface area contributed by atoms with Gasteiger partial charge in [0, 0.05) is 11.7 Å². The molecular formula is C15H18N2O2S. The van der Waals surface area contributed by atoms with Crippen LogP contribution in [0.3, 0.4) is 0 Å². The Bertz CT molecular complexity index is 626. The number of hydrogen-bond acceptors (Lipinski definition) is 4. The third kappa shape index (κ3) is 3.63. The largest absolute Gasteiger partial charge is 0.493 e. The smallest absolute Gasteiger partial charge is 0.258 e. The maximum absolute atomic E-state index is 12.1. The molecule has 0 aliphatic heterocycles. The first kappa shape index (κ1) is 14.7. The first-order chi connectivity index (χ1) is 9.60. The minimum atomic E-state index is -0.271. The number of aromatic amines is 1. The second-order valence-corrected chi connectivity index (χ2v) is 6.10. The van der Waals surface area contributed by atoms with Gasteiger partial charge in [-0.15, -0.1) is 0 Å². The van der Waals surface area contributed by atoms with Crippen LogP contribution in [-0.2, 0) is 6.42 Å². The predicted octanol–water partition coefficient (Wildman–Crippen LogP) is 2.96. The average Bonchev–Trinajstić information content (AvgIpc) is 2.44. The van der Waals surface area contributed by atoms with Crippen molar-refractivity contribution >= 4 is 11.8 Å². The van der Waals surface area contributed by atoms with Crippen molar-refractivity contribution in [3.63, 3.8) is 0 Å². The summed E-state index contributed by atoms with van der Waals surface area (Å²) in [5, 5.41) is 10.8. The van der Waals surface area contributed by atoms with Crippen LogP contribution in [0.5, 0.6) is 5.88 Å². The van der Waals surface area contributed by atoms with Gasteiger partial charge in [0.2, 0.25) is 5.88 Å². The zero-order valence-electron chi connectivity index (χ0n) is 11.6. The summed E-state index contributed by atoms with van der Waals surface area (Å²) < 4.78 is 0. The number of benzene rings is 1. The van der Waals surface area contributed by atoms with E-state index in [0.29, 0.717) is 22.4 Å². The van der Waals surface area contributed by atoms with Crippen molar-refractivity contribution in [3.8, 4) is 5.88 Å². The van der Waals surface area contributed by atoms with Crippen LogP contribution in [0, 0.1) is 0 Å². The van der Waals surface area contributed by atoms with E-state index in [1.165, 1.54) is 11.8 Å². The summed E-state index contributed by atoms with van der Waals surface area (Å²) in [6, 6.07) is 9.56. The lowest BCUT2D eigenvalue weighted by atomic mass is 10.1. The molecule has 106 valence electrons. The lowest BCUT2D eigenvalue weighted by Crippen LogP contribution is -2.16. The Labute approximate surface area is 122 Å². The van der Waals surface area contributed by atoms with E-state index in [1.807, 2.05) is 30.3 Å². The maximum Gasteiger partial charge on any atom is 0.258 e. The van der Waals surface area contributed by atoms with Crippen molar-refractivity contribution in [2.24, 2.45) is 0 Å². The molecule has 0 saturated heterocycles. The van der Waals surface area contributed by atoms with Gasteiger partial charge < -0.3 is 10.1 Å². The standard InChI is InChI=1S/C15H18N2O2S/c1-3-10(2)20-15-16-13(18)12(14(19)17-15)9-11-7-5-4-6-8-11/h4-8,10H,3,9H2,1-2H3,(H2,16,17,18,19)/t10-/m1/s1. The molecule has 1 heterocycles. The second-order valence-electron chi connectivity index (χ2n) is 4.67. The highest BCUT2D eigenvalue weighted by Gasteiger charge is 2.13. The lowest BCUT2D eigenvalue weighted by Gasteiger charge is -2.09. The fourth-order valence-corrected chi connectivity index (χ4v) is 2.59. The molecule has 2 aromatic rings. The van der Waals surface area contributed by atoms with E-state index in [9.17, 15) is 9.90 Å². The van der Waals surface area contributed by atoms with Gasteiger partial charge in [-0.1, -0.05) is 55.9 Å². The minimum absolute atomic E-state index is 0.177. The van der Waals surface area contributed by atoms with Gasteiger partial charge in [-0.05, 0) is 12.0 Å². The van der Waals surface area contributed by atoms with Crippen molar-refractivity contribution < 1.29 is 5.11 Å².